The number of likely N-dealkylation sites (tertiary alicyclic amines) is 1. The van der Waals surface area contributed by atoms with Crippen molar-refractivity contribution in [3.05, 3.63) is 29.3 Å². The number of carbonyl (C=O) groups is 2. The molecule has 5 nitrogen and oxygen atoms in total. The number of carboxylic acids is 1. The molecule has 5 heteroatoms. The van der Waals surface area contributed by atoms with Crippen LogP contribution in [-0.4, -0.2) is 35.0 Å². The Bertz CT molecular complexity index is 583. The lowest BCUT2D eigenvalue weighted by Crippen LogP contribution is -2.40. The molecule has 1 aliphatic carbocycles. The quantitative estimate of drug-likeness (QED) is 0.890. The molecular weight excluding hydrogens is 258 g/mol. The maximum Gasteiger partial charge on any atom is 0.326 e. The van der Waals surface area contributed by atoms with Crippen LogP contribution < -0.4 is 4.74 Å². The molecule has 1 saturated heterocycles. The predicted molar refractivity (Wildman–Crippen MR) is 71.5 cm³/mol. The van der Waals surface area contributed by atoms with Crippen molar-refractivity contribution in [3.8, 4) is 5.75 Å². The number of ether oxygens (including phenoxy) is 1. The van der Waals surface area contributed by atoms with E-state index in [4.69, 9.17) is 4.74 Å². The molecule has 1 aromatic carbocycles. The van der Waals surface area contributed by atoms with Gasteiger partial charge in [-0.25, -0.2) is 4.79 Å². The molecule has 1 N–H and O–H groups in total. The smallest absolute Gasteiger partial charge is 0.326 e. The van der Waals surface area contributed by atoms with E-state index in [0.29, 0.717) is 6.42 Å². The lowest BCUT2D eigenvalue weighted by atomic mass is 10.00. The van der Waals surface area contributed by atoms with E-state index in [2.05, 4.69) is 0 Å². The molecule has 3 rings (SSSR count). The monoisotopic (exact) mass is 275 g/mol. The minimum Gasteiger partial charge on any atom is -0.497 e. The Balaban J connectivity index is 2.01. The van der Waals surface area contributed by atoms with Gasteiger partial charge in [-0.1, -0.05) is 6.07 Å². The predicted octanol–water partition coefficient (Wildman–Crippen LogP) is 1.61. The molecule has 0 saturated carbocycles. The molecular formula is C15H17NO4. The largest absolute Gasteiger partial charge is 0.497 e. The first-order valence-electron chi connectivity index (χ1n) is 6.71. The summed E-state index contributed by atoms with van der Waals surface area (Å²) in [6.45, 7) is 1.44. The normalized spacial score (nSPS) is 27.1. The van der Waals surface area contributed by atoms with Gasteiger partial charge in [0.15, 0.2) is 0 Å². The summed E-state index contributed by atoms with van der Waals surface area (Å²) in [5.74, 6) is -0.0896. The van der Waals surface area contributed by atoms with Crippen molar-refractivity contribution in [1.82, 2.24) is 4.90 Å². The first-order chi connectivity index (χ1) is 9.52. The summed E-state index contributed by atoms with van der Waals surface area (Å²) in [4.78, 5) is 24.8. The van der Waals surface area contributed by atoms with E-state index in [9.17, 15) is 14.7 Å². The topological polar surface area (TPSA) is 66.8 Å². The van der Waals surface area contributed by atoms with Crippen LogP contribution in [0.4, 0.5) is 0 Å². The van der Waals surface area contributed by atoms with Crippen molar-refractivity contribution >= 4 is 11.9 Å². The lowest BCUT2D eigenvalue weighted by molar-refractivity contribution is -0.148. The van der Waals surface area contributed by atoms with E-state index < -0.39 is 12.0 Å². The second-order valence-corrected chi connectivity index (χ2v) is 5.49. The molecule has 0 spiro atoms. The zero-order valence-electron chi connectivity index (χ0n) is 11.5. The number of carbonyl (C=O) groups excluding carboxylic acids is 1. The molecule has 3 atom stereocenters. The Hall–Kier alpha value is -2.04. The number of hydrogen-bond acceptors (Lipinski definition) is 3. The number of carboxylic acid groups (broad SMARTS) is 1. The molecule has 0 unspecified atom stereocenters. The third-order valence-corrected chi connectivity index (χ3v) is 4.41. The summed E-state index contributed by atoms with van der Waals surface area (Å²) in [6, 6.07) is 5.02. The lowest BCUT2D eigenvalue weighted by Gasteiger charge is -2.27. The summed E-state index contributed by atoms with van der Waals surface area (Å²) in [5, 5.41) is 9.30. The molecule has 2 aliphatic rings. The van der Waals surface area contributed by atoms with Crippen molar-refractivity contribution in [2.45, 2.75) is 31.8 Å². The first kappa shape index (κ1) is 13.0. The fraction of sp³-hybridized carbons (Fsp3) is 0.467. The molecule has 1 heterocycles. The van der Waals surface area contributed by atoms with E-state index in [1.807, 2.05) is 18.2 Å². The molecule has 0 radical (unpaired) electrons. The molecule has 106 valence electrons. The summed E-state index contributed by atoms with van der Waals surface area (Å²) in [6.07, 6.45) is 1.33. The van der Waals surface area contributed by atoms with Crippen molar-refractivity contribution in [2.24, 2.45) is 5.92 Å². The maximum atomic E-state index is 11.9. The zero-order chi connectivity index (χ0) is 14.4. The van der Waals surface area contributed by atoms with E-state index in [1.54, 1.807) is 7.11 Å². The highest BCUT2D eigenvalue weighted by Crippen LogP contribution is 2.49. The van der Waals surface area contributed by atoms with Gasteiger partial charge < -0.3 is 14.7 Å². The minimum absolute atomic E-state index is 0.102. The second kappa shape index (κ2) is 4.51. The molecule has 1 amide bonds. The number of fused-ring (bicyclic) bond motifs is 3. The summed E-state index contributed by atoms with van der Waals surface area (Å²) in [7, 11) is 1.62. The average Bonchev–Trinajstić information content (AvgIpc) is 2.92. The van der Waals surface area contributed by atoms with Crippen molar-refractivity contribution in [1.29, 1.82) is 0 Å². The van der Waals surface area contributed by atoms with Crippen LogP contribution in [0.3, 0.4) is 0 Å². The van der Waals surface area contributed by atoms with Crippen LogP contribution in [0.25, 0.3) is 0 Å². The summed E-state index contributed by atoms with van der Waals surface area (Å²) < 4.78 is 5.22. The van der Waals surface area contributed by atoms with Crippen LogP contribution in [-0.2, 0) is 16.0 Å². The highest BCUT2D eigenvalue weighted by molar-refractivity contribution is 5.84. The van der Waals surface area contributed by atoms with Gasteiger partial charge in [-0.05, 0) is 42.0 Å². The van der Waals surface area contributed by atoms with E-state index in [0.717, 1.165) is 23.3 Å². The van der Waals surface area contributed by atoms with Crippen LogP contribution in [0, 0.1) is 5.92 Å². The number of rotatable bonds is 2. The minimum atomic E-state index is -0.912. The van der Waals surface area contributed by atoms with Gasteiger partial charge in [0, 0.05) is 6.92 Å². The third kappa shape index (κ3) is 1.77. The Morgan fingerprint density at radius 3 is 2.75 bits per heavy atom. The summed E-state index contributed by atoms with van der Waals surface area (Å²) in [5.41, 5.74) is 2.23. The van der Waals surface area contributed by atoms with Gasteiger partial charge in [-0.3, -0.25) is 4.79 Å². The van der Waals surface area contributed by atoms with Crippen LogP contribution in [0.1, 0.15) is 30.5 Å². The highest BCUT2D eigenvalue weighted by atomic mass is 16.5. The number of aliphatic carboxylic acids is 1. The zero-order valence-corrected chi connectivity index (χ0v) is 11.5. The van der Waals surface area contributed by atoms with Gasteiger partial charge in [-0.2, -0.15) is 0 Å². The Morgan fingerprint density at radius 2 is 2.15 bits per heavy atom. The Kier molecular flexibility index (Phi) is 2.92. The molecule has 1 fully saturated rings. The number of methoxy groups -OCH3 is 1. The van der Waals surface area contributed by atoms with Crippen LogP contribution >= 0.6 is 0 Å². The molecule has 1 aromatic rings. The van der Waals surface area contributed by atoms with Gasteiger partial charge in [0.2, 0.25) is 5.91 Å². The first-order valence-corrected chi connectivity index (χ1v) is 6.71. The summed E-state index contributed by atoms with van der Waals surface area (Å²) >= 11 is 0. The number of amides is 1. The van der Waals surface area contributed by atoms with Gasteiger partial charge in [0.1, 0.15) is 11.8 Å². The number of nitrogens with zero attached hydrogens (tertiary/aromatic N) is 1. The van der Waals surface area contributed by atoms with Gasteiger partial charge >= 0.3 is 5.97 Å². The highest BCUT2D eigenvalue weighted by Gasteiger charge is 2.50. The van der Waals surface area contributed by atoms with Crippen molar-refractivity contribution in [2.75, 3.05) is 7.11 Å². The second-order valence-electron chi connectivity index (χ2n) is 5.49. The Morgan fingerprint density at radius 1 is 1.40 bits per heavy atom. The van der Waals surface area contributed by atoms with E-state index in [-0.39, 0.29) is 17.9 Å². The Labute approximate surface area is 117 Å². The number of benzene rings is 1. The van der Waals surface area contributed by atoms with Gasteiger partial charge in [-0.15, -0.1) is 0 Å². The maximum absolute atomic E-state index is 11.9. The van der Waals surface area contributed by atoms with Gasteiger partial charge in [0.05, 0.1) is 13.2 Å². The fourth-order valence-electron chi connectivity index (χ4n) is 3.64. The molecule has 20 heavy (non-hydrogen) atoms. The molecule has 0 aromatic heterocycles. The van der Waals surface area contributed by atoms with Crippen molar-refractivity contribution < 1.29 is 19.4 Å². The van der Waals surface area contributed by atoms with E-state index in [1.165, 1.54) is 11.8 Å². The SMILES string of the molecule is COc1ccc2c(c1)C[C@@H]1C[C@@H](C(=O)O)N(C(C)=O)[C@H]21. The van der Waals surface area contributed by atoms with Crippen LogP contribution in [0.2, 0.25) is 0 Å². The third-order valence-electron chi connectivity index (χ3n) is 4.41. The van der Waals surface area contributed by atoms with E-state index >= 15 is 0 Å². The molecule has 0 bridgehead atoms. The fourth-order valence-corrected chi connectivity index (χ4v) is 3.64. The standard InChI is InChI=1S/C15H17NO4/c1-8(17)16-13(15(18)19)7-10-5-9-6-11(20-2)3-4-12(9)14(10)16/h3-4,6,10,13-14H,5,7H2,1-2H3,(H,18,19)/t10-,13+,14+/m1/s1. The molecule has 1 aliphatic heterocycles. The van der Waals surface area contributed by atoms with Crippen LogP contribution in [0.5, 0.6) is 5.75 Å². The average molecular weight is 275 g/mol. The van der Waals surface area contributed by atoms with Crippen LogP contribution in [0.15, 0.2) is 18.2 Å². The van der Waals surface area contributed by atoms with Crippen molar-refractivity contribution in [3.63, 3.8) is 0 Å². The van der Waals surface area contributed by atoms with Gasteiger partial charge in [0.25, 0.3) is 0 Å². The number of hydrogen-bond donors (Lipinski definition) is 1.